The van der Waals surface area contributed by atoms with E-state index in [4.69, 9.17) is 4.74 Å². The number of rotatable bonds is 6. The smallest absolute Gasteiger partial charge is 0.134 e. The second kappa shape index (κ2) is 6.31. The van der Waals surface area contributed by atoms with Crippen molar-refractivity contribution in [3.8, 4) is 5.75 Å². The summed E-state index contributed by atoms with van der Waals surface area (Å²) < 4.78 is 5.41. The van der Waals surface area contributed by atoms with Crippen LogP contribution in [0.15, 0.2) is 16.8 Å². The third-order valence-electron chi connectivity index (χ3n) is 2.72. The molecule has 0 spiro atoms. The van der Waals surface area contributed by atoms with Crippen LogP contribution < -0.4 is 10.1 Å². The molecule has 0 aromatic carbocycles. The van der Waals surface area contributed by atoms with Crippen LogP contribution in [0, 0.1) is 6.92 Å². The molecule has 0 saturated heterocycles. The first-order valence-electron chi connectivity index (χ1n) is 6.00. The van der Waals surface area contributed by atoms with E-state index in [2.05, 4.69) is 28.0 Å². The van der Waals surface area contributed by atoms with Crippen molar-refractivity contribution in [1.29, 1.82) is 0 Å². The van der Waals surface area contributed by atoms with Crippen LogP contribution in [0.4, 0.5) is 0 Å². The van der Waals surface area contributed by atoms with Crippen molar-refractivity contribution in [2.24, 2.45) is 0 Å². The fourth-order valence-corrected chi connectivity index (χ4v) is 3.51. The predicted octanol–water partition coefficient (Wildman–Crippen LogP) is 3.41. The van der Waals surface area contributed by atoms with Crippen LogP contribution >= 0.6 is 22.7 Å². The molecular formula is C13H18N2OS2. The average Bonchev–Trinajstić information content (AvgIpc) is 2.97. The van der Waals surface area contributed by atoms with Gasteiger partial charge >= 0.3 is 0 Å². The van der Waals surface area contributed by atoms with E-state index >= 15 is 0 Å². The van der Waals surface area contributed by atoms with E-state index in [1.807, 2.05) is 13.0 Å². The average molecular weight is 282 g/mol. The quantitative estimate of drug-likeness (QED) is 0.881. The number of likely N-dealkylation sites (N-methyl/N-ethyl adjacent to an activating group) is 1. The molecule has 0 saturated carbocycles. The first-order valence-corrected chi connectivity index (χ1v) is 7.76. The second-order valence-corrected chi connectivity index (χ2v) is 6.04. The van der Waals surface area contributed by atoms with Crippen molar-refractivity contribution in [3.63, 3.8) is 0 Å². The van der Waals surface area contributed by atoms with Crippen LogP contribution in [0.3, 0.4) is 0 Å². The molecule has 2 rings (SSSR count). The van der Waals surface area contributed by atoms with Crippen LogP contribution in [-0.2, 0) is 6.42 Å². The van der Waals surface area contributed by atoms with Crippen LogP contribution in [0.1, 0.15) is 28.5 Å². The number of thiophene rings is 1. The summed E-state index contributed by atoms with van der Waals surface area (Å²) in [5, 5.41) is 8.85. The van der Waals surface area contributed by atoms with Crippen molar-refractivity contribution < 1.29 is 4.74 Å². The minimum Gasteiger partial charge on any atom is -0.496 e. The van der Waals surface area contributed by atoms with Crippen LogP contribution in [0.25, 0.3) is 0 Å². The van der Waals surface area contributed by atoms with Crippen LogP contribution in [-0.4, -0.2) is 18.6 Å². The van der Waals surface area contributed by atoms with Gasteiger partial charge in [-0.3, -0.25) is 0 Å². The molecule has 0 aliphatic carbocycles. The molecule has 98 valence electrons. The van der Waals surface area contributed by atoms with Gasteiger partial charge in [-0.05, 0) is 24.9 Å². The first-order chi connectivity index (χ1) is 8.74. The normalized spacial score (nSPS) is 12.6. The molecule has 0 amide bonds. The lowest BCUT2D eigenvalue weighted by Gasteiger charge is -2.16. The van der Waals surface area contributed by atoms with Gasteiger partial charge in [0.2, 0.25) is 0 Å². The molecule has 1 N–H and O–H groups in total. The van der Waals surface area contributed by atoms with Crippen molar-refractivity contribution in [2.45, 2.75) is 26.3 Å². The Morgan fingerprint density at radius 3 is 2.89 bits per heavy atom. The number of hydrogen-bond acceptors (Lipinski definition) is 5. The SMILES string of the molecule is CCNC(Cc1csc(C)n1)c1sccc1OC. The minimum absolute atomic E-state index is 0.284. The van der Waals surface area contributed by atoms with E-state index in [0.717, 1.165) is 29.4 Å². The Hall–Kier alpha value is -0.910. The van der Waals surface area contributed by atoms with Gasteiger partial charge in [-0.25, -0.2) is 4.98 Å². The van der Waals surface area contributed by atoms with Crippen molar-refractivity contribution in [3.05, 3.63) is 32.4 Å². The van der Waals surface area contributed by atoms with Gasteiger partial charge in [-0.1, -0.05) is 6.92 Å². The number of aryl methyl sites for hydroxylation is 1. The maximum Gasteiger partial charge on any atom is 0.134 e. The maximum atomic E-state index is 5.41. The molecule has 0 bridgehead atoms. The highest BCUT2D eigenvalue weighted by molar-refractivity contribution is 7.10. The monoisotopic (exact) mass is 282 g/mol. The highest BCUT2D eigenvalue weighted by Gasteiger charge is 2.18. The summed E-state index contributed by atoms with van der Waals surface area (Å²) in [6.45, 7) is 5.11. The predicted molar refractivity (Wildman–Crippen MR) is 77.8 cm³/mol. The van der Waals surface area contributed by atoms with E-state index in [0.29, 0.717) is 0 Å². The molecule has 1 atom stereocenters. The standard InChI is InChI=1S/C13H18N2OS2/c1-4-14-11(7-10-8-18-9(2)15-10)13-12(16-3)5-6-17-13/h5-6,8,11,14H,4,7H2,1-3H3. The summed E-state index contributed by atoms with van der Waals surface area (Å²) in [5.74, 6) is 0.970. The van der Waals surface area contributed by atoms with Gasteiger partial charge in [-0.15, -0.1) is 22.7 Å². The lowest BCUT2D eigenvalue weighted by molar-refractivity contribution is 0.403. The summed E-state index contributed by atoms with van der Waals surface area (Å²) in [6, 6.07) is 2.31. The van der Waals surface area contributed by atoms with Crippen LogP contribution in [0.2, 0.25) is 0 Å². The zero-order chi connectivity index (χ0) is 13.0. The molecule has 18 heavy (non-hydrogen) atoms. The summed E-state index contributed by atoms with van der Waals surface area (Å²) in [6.07, 6.45) is 0.912. The van der Waals surface area contributed by atoms with Gasteiger partial charge in [0.15, 0.2) is 0 Å². The minimum atomic E-state index is 0.284. The van der Waals surface area contributed by atoms with Crippen LogP contribution in [0.5, 0.6) is 5.75 Å². The van der Waals surface area contributed by atoms with E-state index in [9.17, 15) is 0 Å². The van der Waals surface area contributed by atoms with Crippen molar-refractivity contribution in [2.75, 3.05) is 13.7 Å². The summed E-state index contributed by atoms with van der Waals surface area (Å²) in [4.78, 5) is 5.80. The zero-order valence-electron chi connectivity index (χ0n) is 10.9. The molecule has 3 nitrogen and oxygen atoms in total. The fraction of sp³-hybridized carbons (Fsp3) is 0.462. The number of nitrogens with zero attached hydrogens (tertiary/aromatic N) is 1. The van der Waals surface area contributed by atoms with E-state index in [1.54, 1.807) is 29.8 Å². The van der Waals surface area contributed by atoms with Gasteiger partial charge in [0.1, 0.15) is 5.75 Å². The summed E-state index contributed by atoms with van der Waals surface area (Å²) >= 11 is 3.44. The Balaban J connectivity index is 2.17. The van der Waals surface area contributed by atoms with Gasteiger partial charge in [0.25, 0.3) is 0 Å². The molecule has 2 heterocycles. The van der Waals surface area contributed by atoms with E-state index in [1.165, 1.54) is 4.88 Å². The largest absolute Gasteiger partial charge is 0.496 e. The molecule has 2 aromatic heterocycles. The Morgan fingerprint density at radius 2 is 2.28 bits per heavy atom. The third-order valence-corrected chi connectivity index (χ3v) is 4.56. The van der Waals surface area contributed by atoms with E-state index in [-0.39, 0.29) is 6.04 Å². The van der Waals surface area contributed by atoms with Crippen molar-refractivity contribution >= 4 is 22.7 Å². The lowest BCUT2D eigenvalue weighted by Crippen LogP contribution is -2.22. The molecule has 0 fully saturated rings. The van der Waals surface area contributed by atoms with Gasteiger partial charge < -0.3 is 10.1 Å². The topological polar surface area (TPSA) is 34.2 Å². The van der Waals surface area contributed by atoms with Gasteiger partial charge in [0.05, 0.1) is 28.7 Å². The number of aromatic nitrogens is 1. The van der Waals surface area contributed by atoms with Crippen molar-refractivity contribution in [1.82, 2.24) is 10.3 Å². The Morgan fingerprint density at radius 1 is 1.44 bits per heavy atom. The lowest BCUT2D eigenvalue weighted by atomic mass is 10.1. The number of methoxy groups -OCH3 is 1. The molecule has 0 radical (unpaired) electrons. The van der Waals surface area contributed by atoms with Gasteiger partial charge in [-0.2, -0.15) is 0 Å². The fourth-order valence-electron chi connectivity index (χ4n) is 1.95. The number of hydrogen-bond donors (Lipinski definition) is 1. The van der Waals surface area contributed by atoms with Gasteiger partial charge in [0, 0.05) is 11.8 Å². The number of thiazole rings is 1. The molecule has 5 heteroatoms. The first kappa shape index (κ1) is 13.5. The summed E-state index contributed by atoms with van der Waals surface area (Å²) in [7, 11) is 1.72. The van der Waals surface area contributed by atoms with E-state index < -0.39 is 0 Å². The zero-order valence-corrected chi connectivity index (χ0v) is 12.5. The third kappa shape index (κ3) is 3.10. The molecular weight excluding hydrogens is 264 g/mol. The maximum absolute atomic E-state index is 5.41. The molecule has 1 unspecified atom stereocenters. The molecule has 2 aromatic rings. The molecule has 0 aliphatic rings. The Labute approximate surface area is 116 Å². The highest BCUT2D eigenvalue weighted by atomic mass is 32.1. The Bertz CT molecular complexity index is 493. The second-order valence-electron chi connectivity index (χ2n) is 4.03. The number of nitrogens with one attached hydrogen (secondary N) is 1. The highest BCUT2D eigenvalue weighted by Crippen LogP contribution is 2.32. The number of ether oxygens (including phenoxy) is 1. The summed E-state index contributed by atoms with van der Waals surface area (Å²) in [5.41, 5.74) is 1.15. The Kier molecular flexibility index (Phi) is 4.74. The molecule has 0 aliphatic heterocycles.